The van der Waals surface area contributed by atoms with Crippen molar-refractivity contribution in [2.75, 3.05) is 13.1 Å². The molecule has 0 bridgehead atoms. The summed E-state index contributed by atoms with van der Waals surface area (Å²) in [7, 11) is 0. The fourth-order valence-corrected chi connectivity index (χ4v) is 0.986. The molecule has 0 aromatic heterocycles. The molecule has 0 aromatic carbocycles. The maximum atomic E-state index is 3.42. The van der Waals surface area contributed by atoms with E-state index in [1.165, 1.54) is 12.8 Å². The predicted molar refractivity (Wildman–Crippen MR) is 56.4 cm³/mol. The van der Waals surface area contributed by atoms with E-state index in [1.807, 2.05) is 0 Å². The van der Waals surface area contributed by atoms with Crippen LogP contribution in [-0.2, 0) is 0 Å². The Morgan fingerprint density at radius 2 is 1.92 bits per heavy atom. The van der Waals surface area contributed by atoms with Crippen molar-refractivity contribution >= 4 is 0 Å². The summed E-state index contributed by atoms with van der Waals surface area (Å²) < 4.78 is 0. The van der Waals surface area contributed by atoms with E-state index in [2.05, 4.69) is 38.2 Å². The van der Waals surface area contributed by atoms with Crippen molar-refractivity contribution in [3.8, 4) is 0 Å². The molecule has 0 rings (SSSR count). The second-order valence-corrected chi connectivity index (χ2v) is 3.60. The van der Waals surface area contributed by atoms with Gasteiger partial charge in [-0.2, -0.15) is 0 Å². The molecule has 12 heavy (non-hydrogen) atoms. The number of hydrogen-bond donors (Lipinski definition) is 1. The van der Waals surface area contributed by atoms with Crippen LogP contribution in [0.15, 0.2) is 12.2 Å². The molecule has 0 aliphatic heterocycles. The summed E-state index contributed by atoms with van der Waals surface area (Å²) in [5.41, 5.74) is 0. The summed E-state index contributed by atoms with van der Waals surface area (Å²) in [5.74, 6) is 0.823. The molecular formula is C11H23N. The molecule has 0 aliphatic carbocycles. The fraction of sp³-hybridized carbons (Fsp3) is 0.818. The van der Waals surface area contributed by atoms with Crippen LogP contribution in [0, 0.1) is 5.92 Å². The first-order chi connectivity index (χ1) is 5.77. The highest BCUT2D eigenvalue weighted by atomic mass is 14.8. The van der Waals surface area contributed by atoms with E-state index in [1.54, 1.807) is 0 Å². The van der Waals surface area contributed by atoms with Gasteiger partial charge in [-0.3, -0.25) is 0 Å². The van der Waals surface area contributed by atoms with Crippen LogP contribution in [-0.4, -0.2) is 13.1 Å². The Labute approximate surface area is 77.2 Å². The van der Waals surface area contributed by atoms with E-state index < -0.39 is 0 Å². The van der Waals surface area contributed by atoms with Crippen molar-refractivity contribution in [2.45, 2.75) is 40.0 Å². The van der Waals surface area contributed by atoms with E-state index in [-0.39, 0.29) is 0 Å². The Hall–Kier alpha value is -0.300. The third-order valence-corrected chi connectivity index (χ3v) is 1.79. The molecule has 0 atom stereocenters. The lowest BCUT2D eigenvalue weighted by Crippen LogP contribution is -2.17. The molecule has 0 aliphatic rings. The zero-order chi connectivity index (χ0) is 9.23. The fourth-order valence-electron chi connectivity index (χ4n) is 0.986. The van der Waals surface area contributed by atoms with E-state index in [4.69, 9.17) is 0 Å². The van der Waals surface area contributed by atoms with Crippen molar-refractivity contribution in [3.63, 3.8) is 0 Å². The molecule has 0 radical (unpaired) electrons. The van der Waals surface area contributed by atoms with Crippen LogP contribution in [0.25, 0.3) is 0 Å². The lowest BCUT2D eigenvalue weighted by atomic mass is 10.1. The summed E-state index contributed by atoms with van der Waals surface area (Å²) in [6, 6.07) is 0. The first kappa shape index (κ1) is 11.7. The zero-order valence-electron chi connectivity index (χ0n) is 8.77. The van der Waals surface area contributed by atoms with Gasteiger partial charge >= 0.3 is 0 Å². The van der Waals surface area contributed by atoms with E-state index >= 15 is 0 Å². The van der Waals surface area contributed by atoms with Crippen LogP contribution in [0.2, 0.25) is 0 Å². The van der Waals surface area contributed by atoms with Crippen LogP contribution in [0.3, 0.4) is 0 Å². The Bertz CT molecular complexity index is 106. The number of rotatable bonds is 7. The maximum Gasteiger partial charge on any atom is -0.00143 e. The molecule has 1 N–H and O–H groups in total. The first-order valence-corrected chi connectivity index (χ1v) is 5.13. The van der Waals surface area contributed by atoms with Crippen molar-refractivity contribution in [1.82, 2.24) is 5.32 Å². The van der Waals surface area contributed by atoms with Crippen LogP contribution < -0.4 is 5.32 Å². The Balaban J connectivity index is 2.96. The summed E-state index contributed by atoms with van der Waals surface area (Å²) >= 11 is 0. The molecule has 0 amide bonds. The van der Waals surface area contributed by atoms with Gasteiger partial charge < -0.3 is 5.32 Å². The summed E-state index contributed by atoms with van der Waals surface area (Å²) in [5, 5.41) is 3.42. The van der Waals surface area contributed by atoms with Gasteiger partial charge in [0.15, 0.2) is 0 Å². The van der Waals surface area contributed by atoms with Gasteiger partial charge in [-0.05, 0) is 38.3 Å². The second-order valence-electron chi connectivity index (χ2n) is 3.60. The van der Waals surface area contributed by atoms with Crippen molar-refractivity contribution in [3.05, 3.63) is 12.2 Å². The Kier molecular flexibility index (Phi) is 8.57. The SMILES string of the molecule is CC/C=C/CCNCCC(C)C. The van der Waals surface area contributed by atoms with Crippen molar-refractivity contribution < 1.29 is 0 Å². The lowest BCUT2D eigenvalue weighted by Gasteiger charge is -2.04. The Morgan fingerprint density at radius 1 is 1.17 bits per heavy atom. The van der Waals surface area contributed by atoms with Gasteiger partial charge in [0, 0.05) is 0 Å². The first-order valence-electron chi connectivity index (χ1n) is 5.13. The molecule has 0 fully saturated rings. The quantitative estimate of drug-likeness (QED) is 0.456. The summed E-state index contributed by atoms with van der Waals surface area (Å²) in [6.07, 6.45) is 8.10. The molecule has 0 saturated heterocycles. The minimum atomic E-state index is 0.823. The van der Waals surface area contributed by atoms with Crippen LogP contribution in [0.1, 0.15) is 40.0 Å². The Morgan fingerprint density at radius 3 is 2.50 bits per heavy atom. The number of nitrogens with one attached hydrogen (secondary N) is 1. The highest BCUT2D eigenvalue weighted by Gasteiger charge is 1.91. The minimum Gasteiger partial charge on any atom is -0.316 e. The van der Waals surface area contributed by atoms with Gasteiger partial charge in [0.1, 0.15) is 0 Å². The topological polar surface area (TPSA) is 12.0 Å². The van der Waals surface area contributed by atoms with E-state index in [0.717, 1.165) is 25.4 Å². The monoisotopic (exact) mass is 169 g/mol. The summed E-state index contributed by atoms with van der Waals surface area (Å²) in [4.78, 5) is 0. The van der Waals surface area contributed by atoms with Crippen molar-refractivity contribution in [1.29, 1.82) is 0 Å². The van der Waals surface area contributed by atoms with Gasteiger partial charge in [-0.25, -0.2) is 0 Å². The molecule has 1 nitrogen and oxygen atoms in total. The van der Waals surface area contributed by atoms with Crippen molar-refractivity contribution in [2.24, 2.45) is 5.92 Å². The number of hydrogen-bond acceptors (Lipinski definition) is 1. The maximum absolute atomic E-state index is 3.42. The lowest BCUT2D eigenvalue weighted by molar-refractivity contribution is 0.540. The molecule has 0 aromatic rings. The van der Waals surface area contributed by atoms with Gasteiger partial charge in [0.25, 0.3) is 0 Å². The van der Waals surface area contributed by atoms with Crippen LogP contribution >= 0.6 is 0 Å². The zero-order valence-corrected chi connectivity index (χ0v) is 8.77. The largest absolute Gasteiger partial charge is 0.316 e. The third-order valence-electron chi connectivity index (χ3n) is 1.79. The van der Waals surface area contributed by atoms with E-state index in [0.29, 0.717) is 0 Å². The summed E-state index contributed by atoms with van der Waals surface area (Å²) in [6.45, 7) is 8.99. The molecule has 0 heterocycles. The van der Waals surface area contributed by atoms with Crippen LogP contribution in [0.5, 0.6) is 0 Å². The minimum absolute atomic E-state index is 0.823. The molecule has 0 unspecified atom stereocenters. The van der Waals surface area contributed by atoms with E-state index in [9.17, 15) is 0 Å². The molecular weight excluding hydrogens is 146 g/mol. The molecule has 0 spiro atoms. The third kappa shape index (κ3) is 9.70. The highest BCUT2D eigenvalue weighted by Crippen LogP contribution is 1.96. The average Bonchev–Trinajstić information content (AvgIpc) is 2.02. The van der Waals surface area contributed by atoms with Crippen LogP contribution in [0.4, 0.5) is 0 Å². The van der Waals surface area contributed by atoms with Gasteiger partial charge in [-0.15, -0.1) is 0 Å². The second kappa shape index (κ2) is 8.79. The molecule has 0 saturated carbocycles. The smallest absolute Gasteiger partial charge is 0.00143 e. The average molecular weight is 169 g/mol. The van der Waals surface area contributed by atoms with Gasteiger partial charge in [0.05, 0.1) is 0 Å². The predicted octanol–water partition coefficient (Wildman–Crippen LogP) is 2.98. The van der Waals surface area contributed by atoms with Gasteiger partial charge in [-0.1, -0.05) is 32.9 Å². The highest BCUT2D eigenvalue weighted by molar-refractivity contribution is 4.80. The van der Waals surface area contributed by atoms with Gasteiger partial charge in [0.2, 0.25) is 0 Å². The normalized spacial score (nSPS) is 11.7. The molecule has 1 heteroatoms. The molecule has 72 valence electrons. The number of allylic oxidation sites excluding steroid dienone is 1. The standard InChI is InChI=1S/C11H23N/c1-4-5-6-7-9-12-10-8-11(2)3/h5-6,11-12H,4,7-10H2,1-3H3/b6-5+.